The summed E-state index contributed by atoms with van der Waals surface area (Å²) in [5, 5.41) is 5.86. The summed E-state index contributed by atoms with van der Waals surface area (Å²) in [4.78, 5) is 30.7. The van der Waals surface area contributed by atoms with Crippen molar-refractivity contribution in [3.63, 3.8) is 0 Å². The van der Waals surface area contributed by atoms with Gasteiger partial charge in [0, 0.05) is 44.0 Å². The predicted molar refractivity (Wildman–Crippen MR) is 160 cm³/mol. The van der Waals surface area contributed by atoms with E-state index in [1.165, 1.54) is 31.4 Å². The zero-order valence-corrected chi connectivity index (χ0v) is 23.6. The standard InChI is InChI=1S/C33H35FN4O3/c1-23-8-4-5-11-28(23)37-15-17-38(18-16-37)29-14-13-25(21-27(29)36-32(40)30-12-7-19-41-30)31(39)35-22-24-9-6-10-26(20-24)33(2,3)34/h4-14,19-21H,15-18,22H2,1-3H3,(H,35,39)(H,36,40). The zero-order chi connectivity index (χ0) is 29.0. The number of alkyl halides is 1. The smallest absolute Gasteiger partial charge is 0.291 e. The second-order valence-electron chi connectivity index (χ2n) is 10.8. The molecule has 7 nitrogen and oxygen atoms in total. The van der Waals surface area contributed by atoms with Crippen molar-refractivity contribution in [2.45, 2.75) is 33.0 Å². The summed E-state index contributed by atoms with van der Waals surface area (Å²) in [5.41, 5.74) is 4.13. The van der Waals surface area contributed by atoms with Crippen LogP contribution in [0, 0.1) is 6.92 Å². The SMILES string of the molecule is Cc1ccccc1N1CCN(c2ccc(C(=O)NCc3cccc(C(C)(C)F)c3)cc2NC(=O)c2ccco2)CC1. The molecule has 1 aliphatic rings. The van der Waals surface area contributed by atoms with E-state index in [1.54, 1.807) is 42.5 Å². The van der Waals surface area contributed by atoms with E-state index in [-0.39, 0.29) is 18.2 Å². The van der Waals surface area contributed by atoms with E-state index >= 15 is 0 Å². The molecule has 0 bridgehead atoms. The van der Waals surface area contributed by atoms with E-state index in [1.807, 2.05) is 18.2 Å². The van der Waals surface area contributed by atoms with Crippen LogP contribution in [0.15, 0.2) is 89.5 Å². The van der Waals surface area contributed by atoms with Crippen LogP contribution in [0.3, 0.4) is 0 Å². The van der Waals surface area contributed by atoms with Crippen LogP contribution in [-0.4, -0.2) is 38.0 Å². The maximum absolute atomic E-state index is 14.4. The molecule has 0 saturated carbocycles. The molecule has 1 saturated heterocycles. The van der Waals surface area contributed by atoms with E-state index in [2.05, 4.69) is 45.6 Å². The number of benzene rings is 3. The number of halogens is 1. The number of amides is 2. The first-order valence-electron chi connectivity index (χ1n) is 13.8. The normalized spacial score (nSPS) is 13.7. The molecule has 5 rings (SSSR count). The molecule has 0 radical (unpaired) electrons. The van der Waals surface area contributed by atoms with Gasteiger partial charge in [-0.1, -0.05) is 42.5 Å². The Bertz CT molecular complexity index is 1520. The molecule has 0 spiro atoms. The van der Waals surface area contributed by atoms with Crippen molar-refractivity contribution in [3.05, 3.63) is 113 Å². The van der Waals surface area contributed by atoms with Crippen molar-refractivity contribution in [2.24, 2.45) is 0 Å². The number of anilines is 3. The lowest BCUT2D eigenvalue weighted by Crippen LogP contribution is -2.47. The van der Waals surface area contributed by atoms with Gasteiger partial charge in [-0.3, -0.25) is 9.59 Å². The number of furan rings is 1. The van der Waals surface area contributed by atoms with Crippen molar-refractivity contribution in [1.29, 1.82) is 0 Å². The Kier molecular flexibility index (Phi) is 8.10. The van der Waals surface area contributed by atoms with Crippen LogP contribution < -0.4 is 20.4 Å². The molecule has 4 aromatic rings. The number of carbonyl (C=O) groups excluding carboxylic acids is 2. The second-order valence-corrected chi connectivity index (χ2v) is 10.8. The van der Waals surface area contributed by atoms with Gasteiger partial charge in [0.25, 0.3) is 11.8 Å². The molecule has 2 N–H and O–H groups in total. The van der Waals surface area contributed by atoms with Gasteiger partial charge >= 0.3 is 0 Å². The summed E-state index contributed by atoms with van der Waals surface area (Å²) in [5.74, 6) is -0.497. The molecule has 3 aromatic carbocycles. The highest BCUT2D eigenvalue weighted by molar-refractivity contribution is 6.05. The molecular weight excluding hydrogens is 519 g/mol. The number of nitrogens with one attached hydrogen (secondary N) is 2. The van der Waals surface area contributed by atoms with Crippen molar-refractivity contribution in [1.82, 2.24) is 5.32 Å². The summed E-state index contributed by atoms with van der Waals surface area (Å²) < 4.78 is 19.7. The van der Waals surface area contributed by atoms with Crippen LogP contribution in [-0.2, 0) is 12.2 Å². The van der Waals surface area contributed by atoms with Crippen molar-refractivity contribution < 1.29 is 18.4 Å². The van der Waals surface area contributed by atoms with Crippen molar-refractivity contribution in [3.8, 4) is 0 Å². The molecular formula is C33H35FN4O3. The summed E-state index contributed by atoms with van der Waals surface area (Å²) in [6.07, 6.45) is 1.45. The summed E-state index contributed by atoms with van der Waals surface area (Å²) in [6.45, 7) is 8.54. The largest absolute Gasteiger partial charge is 0.459 e. The number of hydrogen-bond acceptors (Lipinski definition) is 5. The van der Waals surface area contributed by atoms with Crippen LogP contribution >= 0.6 is 0 Å². The third kappa shape index (κ3) is 6.60. The Balaban J connectivity index is 1.34. The van der Waals surface area contributed by atoms with Gasteiger partial charge in [-0.25, -0.2) is 4.39 Å². The monoisotopic (exact) mass is 554 g/mol. The minimum atomic E-state index is -1.47. The maximum atomic E-state index is 14.4. The Hall–Kier alpha value is -4.59. The number of aryl methyl sites for hydroxylation is 1. The van der Waals surface area contributed by atoms with E-state index in [0.717, 1.165) is 37.4 Å². The summed E-state index contributed by atoms with van der Waals surface area (Å²) in [7, 11) is 0. The first kappa shape index (κ1) is 28.0. The fourth-order valence-electron chi connectivity index (χ4n) is 5.09. The van der Waals surface area contributed by atoms with Crippen LogP contribution in [0.1, 0.15) is 51.5 Å². The minimum absolute atomic E-state index is 0.186. The lowest BCUT2D eigenvalue weighted by molar-refractivity contribution is 0.0949. The second kappa shape index (κ2) is 11.9. The number of rotatable bonds is 8. The molecule has 0 unspecified atom stereocenters. The fraction of sp³-hybridized carbons (Fsp3) is 0.273. The lowest BCUT2D eigenvalue weighted by atomic mass is 9.98. The highest BCUT2D eigenvalue weighted by Gasteiger charge is 2.23. The van der Waals surface area contributed by atoms with E-state index < -0.39 is 11.6 Å². The average Bonchev–Trinajstić information content (AvgIpc) is 3.52. The van der Waals surface area contributed by atoms with Crippen LogP contribution in [0.4, 0.5) is 21.5 Å². The number of nitrogens with zero attached hydrogens (tertiary/aromatic N) is 2. The number of para-hydroxylation sites is 1. The Morgan fingerprint density at radius 1 is 0.854 bits per heavy atom. The van der Waals surface area contributed by atoms with E-state index in [4.69, 9.17) is 4.42 Å². The van der Waals surface area contributed by atoms with Gasteiger partial charge in [-0.15, -0.1) is 0 Å². The third-order valence-electron chi connectivity index (χ3n) is 7.39. The molecule has 0 aliphatic carbocycles. The van der Waals surface area contributed by atoms with Gasteiger partial charge in [0.1, 0.15) is 5.67 Å². The molecule has 1 fully saturated rings. The molecule has 2 heterocycles. The number of piperazine rings is 1. The molecule has 0 atom stereocenters. The predicted octanol–water partition coefficient (Wildman–Crippen LogP) is 6.30. The van der Waals surface area contributed by atoms with Crippen LogP contribution in [0.5, 0.6) is 0 Å². The highest BCUT2D eigenvalue weighted by atomic mass is 19.1. The van der Waals surface area contributed by atoms with Gasteiger partial charge in [-0.05, 0) is 73.9 Å². The van der Waals surface area contributed by atoms with Gasteiger partial charge in [0.2, 0.25) is 0 Å². The molecule has 41 heavy (non-hydrogen) atoms. The zero-order valence-electron chi connectivity index (χ0n) is 23.6. The van der Waals surface area contributed by atoms with E-state index in [0.29, 0.717) is 16.8 Å². The quantitative estimate of drug-likeness (QED) is 0.267. The van der Waals surface area contributed by atoms with Gasteiger partial charge in [0.05, 0.1) is 17.6 Å². The number of hydrogen-bond donors (Lipinski definition) is 2. The topological polar surface area (TPSA) is 77.8 Å². The first-order chi connectivity index (χ1) is 19.7. The Morgan fingerprint density at radius 2 is 1.59 bits per heavy atom. The average molecular weight is 555 g/mol. The summed E-state index contributed by atoms with van der Waals surface area (Å²) in [6, 6.07) is 24.1. The Labute approximate surface area is 240 Å². The fourth-order valence-corrected chi connectivity index (χ4v) is 5.09. The molecule has 2 amide bonds. The molecule has 8 heteroatoms. The lowest BCUT2D eigenvalue weighted by Gasteiger charge is -2.38. The first-order valence-corrected chi connectivity index (χ1v) is 13.8. The van der Waals surface area contributed by atoms with E-state index in [9.17, 15) is 14.0 Å². The molecule has 1 aromatic heterocycles. The van der Waals surface area contributed by atoms with Crippen LogP contribution in [0.2, 0.25) is 0 Å². The highest BCUT2D eigenvalue weighted by Crippen LogP contribution is 2.31. The third-order valence-corrected chi connectivity index (χ3v) is 7.39. The van der Waals surface area contributed by atoms with Crippen LogP contribution in [0.25, 0.3) is 0 Å². The van der Waals surface area contributed by atoms with Crippen molar-refractivity contribution in [2.75, 3.05) is 41.3 Å². The van der Waals surface area contributed by atoms with Gasteiger partial charge in [0.15, 0.2) is 5.76 Å². The van der Waals surface area contributed by atoms with Crippen molar-refractivity contribution >= 4 is 28.9 Å². The minimum Gasteiger partial charge on any atom is -0.459 e. The maximum Gasteiger partial charge on any atom is 0.291 e. The Morgan fingerprint density at radius 3 is 2.27 bits per heavy atom. The molecule has 212 valence electrons. The number of carbonyl (C=O) groups is 2. The van der Waals surface area contributed by atoms with Gasteiger partial charge < -0.3 is 24.9 Å². The summed E-state index contributed by atoms with van der Waals surface area (Å²) >= 11 is 0. The van der Waals surface area contributed by atoms with Gasteiger partial charge in [-0.2, -0.15) is 0 Å². The molecule has 1 aliphatic heterocycles.